The molecule has 1 unspecified atom stereocenters. The molecule has 2 fully saturated rings. The third-order valence-electron chi connectivity index (χ3n) is 6.33. The summed E-state index contributed by atoms with van der Waals surface area (Å²) in [4.78, 5) is 21.5. The van der Waals surface area contributed by atoms with Crippen LogP contribution in [0.5, 0.6) is 5.75 Å². The van der Waals surface area contributed by atoms with Crippen LogP contribution in [-0.4, -0.2) is 69.9 Å². The molecule has 1 aliphatic heterocycles. The Hall–Kier alpha value is -3.23. The zero-order valence-electron chi connectivity index (χ0n) is 19.5. The molecule has 1 amide bonds. The lowest BCUT2D eigenvalue weighted by atomic mass is 10.2. The maximum atomic E-state index is 13.2. The van der Waals surface area contributed by atoms with E-state index in [9.17, 15) is 4.79 Å². The van der Waals surface area contributed by atoms with Crippen molar-refractivity contribution >= 4 is 5.91 Å². The average Bonchev–Trinajstić information content (AvgIpc) is 3.60. The Morgan fingerprint density at radius 3 is 2.71 bits per heavy atom. The highest BCUT2D eigenvalue weighted by Gasteiger charge is 2.30. The number of hydrogen-bond acceptors (Lipinski definition) is 6. The molecule has 8 nitrogen and oxygen atoms in total. The number of para-hydroxylation sites is 2. The molecule has 2 aromatic heterocycles. The lowest BCUT2D eigenvalue weighted by Gasteiger charge is -2.25. The summed E-state index contributed by atoms with van der Waals surface area (Å²) in [6.45, 7) is 3.61. The van der Waals surface area contributed by atoms with Gasteiger partial charge < -0.3 is 14.4 Å². The SMILES string of the molecule is COc1ccccc1-n1cc(CN2CC(=O)N(Cc3cccnc3)CC(OCC3CC3)C2)cn1. The van der Waals surface area contributed by atoms with Crippen LogP contribution < -0.4 is 4.74 Å². The van der Waals surface area contributed by atoms with Crippen molar-refractivity contribution in [1.29, 1.82) is 0 Å². The first kappa shape index (κ1) is 22.6. The maximum absolute atomic E-state index is 13.2. The quantitative estimate of drug-likeness (QED) is 0.488. The van der Waals surface area contributed by atoms with E-state index in [-0.39, 0.29) is 12.0 Å². The van der Waals surface area contributed by atoms with Crippen molar-refractivity contribution in [2.75, 3.05) is 33.4 Å². The zero-order chi connectivity index (χ0) is 23.3. The molecule has 0 radical (unpaired) electrons. The highest BCUT2D eigenvalue weighted by atomic mass is 16.5. The molecule has 0 N–H and O–H groups in total. The minimum atomic E-state index is -0.0204. The van der Waals surface area contributed by atoms with Crippen molar-refractivity contribution in [1.82, 2.24) is 24.6 Å². The predicted molar refractivity (Wildman–Crippen MR) is 128 cm³/mol. The lowest BCUT2D eigenvalue weighted by molar-refractivity contribution is -0.132. The van der Waals surface area contributed by atoms with Gasteiger partial charge in [0.05, 0.1) is 26.0 Å². The van der Waals surface area contributed by atoms with Gasteiger partial charge in [0.15, 0.2) is 0 Å². The van der Waals surface area contributed by atoms with Gasteiger partial charge in [-0.05, 0) is 42.5 Å². The molecular weight excluding hydrogens is 430 g/mol. The van der Waals surface area contributed by atoms with E-state index in [1.165, 1.54) is 12.8 Å². The Labute approximate surface area is 200 Å². The fourth-order valence-electron chi connectivity index (χ4n) is 4.35. The Kier molecular flexibility index (Phi) is 6.87. The van der Waals surface area contributed by atoms with Crippen molar-refractivity contribution in [3.63, 3.8) is 0 Å². The molecule has 1 aromatic carbocycles. The van der Waals surface area contributed by atoms with Gasteiger partial charge in [-0.3, -0.25) is 14.7 Å². The molecule has 3 aromatic rings. The van der Waals surface area contributed by atoms with Crippen LogP contribution in [0.2, 0.25) is 0 Å². The van der Waals surface area contributed by atoms with E-state index in [2.05, 4.69) is 15.0 Å². The summed E-state index contributed by atoms with van der Waals surface area (Å²) in [5.74, 6) is 1.55. The Balaban J connectivity index is 1.30. The van der Waals surface area contributed by atoms with Gasteiger partial charge in [-0.1, -0.05) is 18.2 Å². The normalized spacial score (nSPS) is 19.3. The fourth-order valence-corrected chi connectivity index (χ4v) is 4.35. The van der Waals surface area contributed by atoms with E-state index < -0.39 is 0 Å². The van der Waals surface area contributed by atoms with E-state index in [4.69, 9.17) is 9.47 Å². The molecule has 1 aliphatic carbocycles. The van der Waals surface area contributed by atoms with Crippen LogP contribution in [0.4, 0.5) is 0 Å². The molecule has 178 valence electrons. The summed E-state index contributed by atoms with van der Waals surface area (Å²) in [7, 11) is 1.66. The smallest absolute Gasteiger partial charge is 0.237 e. The van der Waals surface area contributed by atoms with Crippen molar-refractivity contribution in [2.45, 2.75) is 32.0 Å². The number of nitrogens with zero attached hydrogens (tertiary/aromatic N) is 5. The summed E-state index contributed by atoms with van der Waals surface area (Å²) in [5.41, 5.74) is 2.96. The summed E-state index contributed by atoms with van der Waals surface area (Å²) < 4.78 is 13.6. The highest BCUT2D eigenvalue weighted by molar-refractivity contribution is 5.78. The van der Waals surface area contributed by atoms with Gasteiger partial charge in [0, 0.05) is 56.9 Å². The second kappa shape index (κ2) is 10.4. The number of methoxy groups -OCH3 is 1. The van der Waals surface area contributed by atoms with Gasteiger partial charge in [0.2, 0.25) is 5.91 Å². The molecule has 3 heterocycles. The Morgan fingerprint density at radius 2 is 1.91 bits per heavy atom. The van der Waals surface area contributed by atoms with E-state index in [1.807, 2.05) is 64.6 Å². The van der Waals surface area contributed by atoms with Gasteiger partial charge in [0.25, 0.3) is 0 Å². The first-order chi connectivity index (χ1) is 16.7. The molecule has 2 aliphatic rings. The second-order valence-corrected chi connectivity index (χ2v) is 9.17. The zero-order valence-corrected chi connectivity index (χ0v) is 19.5. The van der Waals surface area contributed by atoms with E-state index in [1.54, 1.807) is 13.3 Å². The third-order valence-corrected chi connectivity index (χ3v) is 6.33. The standard InChI is InChI=1S/C26H31N5O3/c1-33-25-7-3-2-6-24(25)31-15-22(12-28-31)13-29-16-23(34-19-20-8-9-20)17-30(26(32)18-29)14-21-5-4-10-27-11-21/h2-7,10-12,15,20,23H,8-9,13-14,16-19H2,1H3. The highest BCUT2D eigenvalue weighted by Crippen LogP contribution is 2.29. The number of carbonyl (C=O) groups is 1. The summed E-state index contributed by atoms with van der Waals surface area (Å²) in [6, 6.07) is 11.7. The first-order valence-corrected chi connectivity index (χ1v) is 11.9. The molecule has 5 rings (SSSR count). The van der Waals surface area contributed by atoms with Crippen LogP contribution in [0.3, 0.4) is 0 Å². The van der Waals surface area contributed by atoms with Crippen molar-refractivity contribution in [3.8, 4) is 11.4 Å². The van der Waals surface area contributed by atoms with Crippen LogP contribution in [0, 0.1) is 5.92 Å². The van der Waals surface area contributed by atoms with Gasteiger partial charge in [-0.25, -0.2) is 4.68 Å². The van der Waals surface area contributed by atoms with Crippen LogP contribution in [0.1, 0.15) is 24.0 Å². The van der Waals surface area contributed by atoms with Gasteiger partial charge >= 0.3 is 0 Å². The molecule has 1 saturated carbocycles. The van der Waals surface area contributed by atoms with Crippen LogP contribution in [0.25, 0.3) is 5.69 Å². The maximum Gasteiger partial charge on any atom is 0.237 e. The largest absolute Gasteiger partial charge is 0.494 e. The number of hydrogen-bond donors (Lipinski definition) is 0. The van der Waals surface area contributed by atoms with Crippen molar-refractivity contribution < 1.29 is 14.3 Å². The van der Waals surface area contributed by atoms with Crippen molar-refractivity contribution in [3.05, 3.63) is 72.3 Å². The second-order valence-electron chi connectivity index (χ2n) is 9.17. The van der Waals surface area contributed by atoms with Crippen LogP contribution in [-0.2, 0) is 22.6 Å². The topological polar surface area (TPSA) is 72.7 Å². The monoisotopic (exact) mass is 461 g/mol. The number of aromatic nitrogens is 3. The number of pyridine rings is 1. The molecule has 0 bridgehead atoms. The molecule has 1 saturated heterocycles. The molecular formula is C26H31N5O3. The summed E-state index contributed by atoms with van der Waals surface area (Å²) in [6.07, 6.45) is 9.90. The van der Waals surface area contributed by atoms with Gasteiger partial charge in [0.1, 0.15) is 11.4 Å². The molecule has 8 heteroatoms. The fraction of sp³-hybridized carbons (Fsp3) is 0.423. The van der Waals surface area contributed by atoms with E-state index >= 15 is 0 Å². The molecule has 1 atom stereocenters. The minimum Gasteiger partial charge on any atom is -0.494 e. The number of carbonyl (C=O) groups excluding carboxylic acids is 1. The first-order valence-electron chi connectivity index (χ1n) is 11.9. The Bertz CT molecular complexity index is 1100. The number of ether oxygens (including phenoxy) is 2. The minimum absolute atomic E-state index is 0.0204. The number of amides is 1. The van der Waals surface area contributed by atoms with Crippen molar-refractivity contribution in [2.24, 2.45) is 5.92 Å². The third kappa shape index (κ3) is 5.63. The van der Waals surface area contributed by atoms with Gasteiger partial charge in [-0.15, -0.1) is 0 Å². The predicted octanol–water partition coefficient (Wildman–Crippen LogP) is 2.92. The molecule has 34 heavy (non-hydrogen) atoms. The van der Waals surface area contributed by atoms with Crippen LogP contribution in [0.15, 0.2) is 61.2 Å². The summed E-state index contributed by atoms with van der Waals surface area (Å²) >= 11 is 0. The average molecular weight is 462 g/mol. The van der Waals surface area contributed by atoms with Crippen LogP contribution >= 0.6 is 0 Å². The number of rotatable bonds is 9. The number of benzene rings is 1. The lowest BCUT2D eigenvalue weighted by Crippen LogP contribution is -2.37. The van der Waals surface area contributed by atoms with E-state index in [0.29, 0.717) is 38.6 Å². The summed E-state index contributed by atoms with van der Waals surface area (Å²) in [5, 5.41) is 4.54. The molecule has 0 spiro atoms. The van der Waals surface area contributed by atoms with E-state index in [0.717, 1.165) is 29.2 Å². The van der Waals surface area contributed by atoms with Gasteiger partial charge in [-0.2, -0.15) is 5.10 Å². The Morgan fingerprint density at radius 1 is 1.03 bits per heavy atom.